The van der Waals surface area contributed by atoms with Crippen LogP contribution >= 0.6 is 11.8 Å². The number of pyridine rings is 1. The molecule has 0 aliphatic heterocycles. The fourth-order valence-electron chi connectivity index (χ4n) is 2.01. The lowest BCUT2D eigenvalue weighted by Crippen LogP contribution is -2.30. The average Bonchev–Trinajstić information content (AvgIpc) is 2.43. The van der Waals surface area contributed by atoms with E-state index in [0.29, 0.717) is 6.04 Å². The van der Waals surface area contributed by atoms with Gasteiger partial charge in [-0.25, -0.2) is 4.98 Å². The van der Waals surface area contributed by atoms with Crippen molar-refractivity contribution in [1.29, 1.82) is 0 Å². The zero-order chi connectivity index (χ0) is 14.3. The van der Waals surface area contributed by atoms with Crippen LogP contribution in [0.25, 0.3) is 0 Å². The Morgan fingerprint density at radius 1 is 1.42 bits per heavy atom. The van der Waals surface area contributed by atoms with Crippen LogP contribution < -0.4 is 10.2 Å². The van der Waals surface area contributed by atoms with Gasteiger partial charge in [-0.05, 0) is 56.5 Å². The molecule has 0 amide bonds. The predicted octanol–water partition coefficient (Wildman–Crippen LogP) is 2.94. The molecule has 1 aromatic rings. The molecule has 108 valence electrons. The maximum Gasteiger partial charge on any atom is 0.129 e. The Bertz CT molecular complexity index is 382. The molecular formula is C15H27N3S. The zero-order valence-electron chi connectivity index (χ0n) is 12.9. The molecule has 0 aromatic carbocycles. The van der Waals surface area contributed by atoms with Crippen molar-refractivity contribution in [3.05, 3.63) is 23.4 Å². The number of nitrogens with zero attached hydrogens (tertiary/aromatic N) is 2. The van der Waals surface area contributed by atoms with Gasteiger partial charge in [-0.1, -0.05) is 6.92 Å². The standard InChI is InChI=1S/C15H27N3S/c1-6-14-9-13(11-16-3)10-15(17-14)18(4)12(2)7-8-19-5/h9-10,12,16H,6-8,11H2,1-5H3. The van der Waals surface area contributed by atoms with Crippen molar-refractivity contribution >= 4 is 17.6 Å². The minimum Gasteiger partial charge on any atom is -0.357 e. The summed E-state index contributed by atoms with van der Waals surface area (Å²) in [5.74, 6) is 2.29. The van der Waals surface area contributed by atoms with Gasteiger partial charge in [0.2, 0.25) is 0 Å². The number of thioether (sulfide) groups is 1. The van der Waals surface area contributed by atoms with E-state index in [9.17, 15) is 0 Å². The van der Waals surface area contributed by atoms with Crippen molar-refractivity contribution in [3.63, 3.8) is 0 Å². The number of rotatable bonds is 8. The maximum atomic E-state index is 4.75. The molecule has 19 heavy (non-hydrogen) atoms. The maximum absolute atomic E-state index is 4.75. The van der Waals surface area contributed by atoms with Gasteiger partial charge < -0.3 is 10.2 Å². The van der Waals surface area contributed by atoms with E-state index >= 15 is 0 Å². The fourth-order valence-corrected chi connectivity index (χ4v) is 2.59. The summed E-state index contributed by atoms with van der Waals surface area (Å²) in [5.41, 5.74) is 2.49. The Morgan fingerprint density at radius 3 is 2.74 bits per heavy atom. The average molecular weight is 281 g/mol. The molecule has 0 aliphatic carbocycles. The Balaban J connectivity index is 2.87. The number of aromatic nitrogens is 1. The number of nitrogens with one attached hydrogen (secondary N) is 1. The molecule has 1 aromatic heterocycles. The quantitative estimate of drug-likeness (QED) is 0.793. The second-order valence-corrected chi connectivity index (χ2v) is 5.94. The van der Waals surface area contributed by atoms with Crippen LogP contribution in [0.2, 0.25) is 0 Å². The number of aryl methyl sites for hydroxylation is 1. The Kier molecular flexibility index (Phi) is 7.24. The molecule has 1 atom stereocenters. The van der Waals surface area contributed by atoms with Gasteiger partial charge in [-0.3, -0.25) is 0 Å². The lowest BCUT2D eigenvalue weighted by Gasteiger charge is -2.26. The summed E-state index contributed by atoms with van der Waals surface area (Å²) >= 11 is 1.90. The summed E-state index contributed by atoms with van der Waals surface area (Å²) < 4.78 is 0. The third-order valence-corrected chi connectivity index (χ3v) is 4.07. The summed E-state index contributed by atoms with van der Waals surface area (Å²) in [7, 11) is 4.13. The molecule has 1 rings (SSSR count). The Labute approximate surface area is 122 Å². The van der Waals surface area contributed by atoms with Gasteiger partial charge in [0.05, 0.1) is 0 Å². The number of hydrogen-bond donors (Lipinski definition) is 1. The number of anilines is 1. The minimum absolute atomic E-state index is 0.523. The second-order valence-electron chi connectivity index (χ2n) is 4.95. The van der Waals surface area contributed by atoms with Crippen LogP contribution in [0.15, 0.2) is 12.1 Å². The van der Waals surface area contributed by atoms with E-state index in [0.717, 1.165) is 18.8 Å². The van der Waals surface area contributed by atoms with E-state index in [4.69, 9.17) is 4.98 Å². The molecule has 0 radical (unpaired) electrons. The largest absolute Gasteiger partial charge is 0.357 e. The van der Waals surface area contributed by atoms with Crippen molar-refractivity contribution in [2.45, 2.75) is 39.3 Å². The monoisotopic (exact) mass is 281 g/mol. The van der Waals surface area contributed by atoms with Crippen LogP contribution in [0.5, 0.6) is 0 Å². The third-order valence-electron chi connectivity index (χ3n) is 3.43. The Hall–Kier alpha value is -0.740. The van der Waals surface area contributed by atoms with E-state index in [1.54, 1.807) is 0 Å². The first-order chi connectivity index (χ1) is 9.12. The van der Waals surface area contributed by atoms with Gasteiger partial charge in [0.1, 0.15) is 5.82 Å². The van der Waals surface area contributed by atoms with Crippen LogP contribution in [0, 0.1) is 0 Å². The second kappa shape index (κ2) is 8.43. The molecule has 3 nitrogen and oxygen atoms in total. The molecule has 1 heterocycles. The summed E-state index contributed by atoms with van der Waals surface area (Å²) in [4.78, 5) is 7.05. The first kappa shape index (κ1) is 16.3. The summed E-state index contributed by atoms with van der Waals surface area (Å²) in [6.07, 6.45) is 4.34. The molecule has 0 fully saturated rings. The van der Waals surface area contributed by atoms with E-state index in [2.05, 4.69) is 49.5 Å². The molecule has 0 spiro atoms. The molecule has 0 aliphatic rings. The molecule has 1 N–H and O–H groups in total. The van der Waals surface area contributed by atoms with Crippen molar-refractivity contribution in [2.24, 2.45) is 0 Å². The fraction of sp³-hybridized carbons (Fsp3) is 0.667. The SMILES string of the molecule is CCc1cc(CNC)cc(N(C)C(C)CCSC)n1. The number of hydrogen-bond acceptors (Lipinski definition) is 4. The topological polar surface area (TPSA) is 28.2 Å². The van der Waals surface area contributed by atoms with Gasteiger partial charge >= 0.3 is 0 Å². The molecular weight excluding hydrogens is 254 g/mol. The van der Waals surface area contributed by atoms with Crippen molar-refractivity contribution in [2.75, 3.05) is 31.0 Å². The third kappa shape index (κ3) is 5.03. The molecule has 0 saturated carbocycles. The zero-order valence-corrected chi connectivity index (χ0v) is 13.7. The van der Waals surface area contributed by atoms with E-state index in [1.165, 1.54) is 23.4 Å². The van der Waals surface area contributed by atoms with E-state index < -0.39 is 0 Å². The Morgan fingerprint density at radius 2 is 2.16 bits per heavy atom. The highest BCUT2D eigenvalue weighted by molar-refractivity contribution is 7.98. The minimum atomic E-state index is 0.523. The smallest absolute Gasteiger partial charge is 0.129 e. The van der Waals surface area contributed by atoms with Crippen LogP contribution in [0.1, 0.15) is 31.5 Å². The first-order valence-corrected chi connectivity index (χ1v) is 8.38. The van der Waals surface area contributed by atoms with Crippen molar-refractivity contribution < 1.29 is 0 Å². The van der Waals surface area contributed by atoms with Gasteiger partial charge in [0, 0.05) is 25.3 Å². The predicted molar refractivity (Wildman–Crippen MR) is 87.2 cm³/mol. The van der Waals surface area contributed by atoms with Crippen LogP contribution in [-0.2, 0) is 13.0 Å². The first-order valence-electron chi connectivity index (χ1n) is 6.98. The molecule has 0 saturated heterocycles. The molecule has 1 unspecified atom stereocenters. The van der Waals surface area contributed by atoms with Crippen LogP contribution in [-0.4, -0.2) is 37.1 Å². The van der Waals surface area contributed by atoms with Gasteiger partial charge in [-0.15, -0.1) is 0 Å². The highest BCUT2D eigenvalue weighted by Crippen LogP contribution is 2.18. The summed E-state index contributed by atoms with van der Waals surface area (Å²) in [6.45, 7) is 5.33. The lowest BCUT2D eigenvalue weighted by atomic mass is 10.1. The van der Waals surface area contributed by atoms with Crippen molar-refractivity contribution in [1.82, 2.24) is 10.3 Å². The van der Waals surface area contributed by atoms with Crippen LogP contribution in [0.3, 0.4) is 0 Å². The van der Waals surface area contributed by atoms with E-state index in [-0.39, 0.29) is 0 Å². The molecule has 4 heteroatoms. The van der Waals surface area contributed by atoms with Gasteiger partial charge in [0.25, 0.3) is 0 Å². The van der Waals surface area contributed by atoms with Gasteiger partial charge in [0.15, 0.2) is 0 Å². The summed E-state index contributed by atoms with van der Waals surface area (Å²) in [5, 5.41) is 3.22. The van der Waals surface area contributed by atoms with E-state index in [1.807, 2.05) is 18.8 Å². The highest BCUT2D eigenvalue weighted by Gasteiger charge is 2.12. The van der Waals surface area contributed by atoms with Crippen molar-refractivity contribution in [3.8, 4) is 0 Å². The summed E-state index contributed by atoms with van der Waals surface area (Å²) in [6, 6.07) is 4.92. The highest BCUT2D eigenvalue weighted by atomic mass is 32.2. The normalized spacial score (nSPS) is 12.5. The van der Waals surface area contributed by atoms with Crippen LogP contribution in [0.4, 0.5) is 5.82 Å². The molecule has 0 bridgehead atoms. The van der Waals surface area contributed by atoms with Gasteiger partial charge in [-0.2, -0.15) is 11.8 Å². The lowest BCUT2D eigenvalue weighted by molar-refractivity contribution is 0.659.